The van der Waals surface area contributed by atoms with Crippen LogP contribution in [0.15, 0.2) is 12.1 Å². The standard InChI is InChI=1S/C15H20ClFN2O2/c1-15(2,3)21-14(20)19-5-4-13(18)10-6-9(16)7-12(17)11(10)8-19/h6-7,13H,4-5,8,18H2,1-3H3/t13-/m1/s1. The number of fused-ring (bicyclic) bond motifs is 1. The van der Waals surface area contributed by atoms with Crippen LogP contribution < -0.4 is 5.73 Å². The van der Waals surface area contributed by atoms with Gasteiger partial charge in [0.25, 0.3) is 0 Å². The number of benzene rings is 1. The molecule has 0 fully saturated rings. The summed E-state index contributed by atoms with van der Waals surface area (Å²) in [6, 6.07) is 2.57. The third kappa shape index (κ3) is 3.86. The van der Waals surface area contributed by atoms with Crippen LogP contribution in [0.3, 0.4) is 0 Å². The van der Waals surface area contributed by atoms with Crippen LogP contribution in [0, 0.1) is 5.82 Å². The maximum absolute atomic E-state index is 14.1. The third-order valence-corrected chi connectivity index (χ3v) is 3.52. The molecule has 21 heavy (non-hydrogen) atoms. The zero-order chi connectivity index (χ0) is 15.8. The molecule has 1 aliphatic rings. The van der Waals surface area contributed by atoms with Gasteiger partial charge in [0.2, 0.25) is 0 Å². The van der Waals surface area contributed by atoms with E-state index in [-0.39, 0.29) is 12.6 Å². The average Bonchev–Trinajstić information content (AvgIpc) is 2.48. The lowest BCUT2D eigenvalue weighted by Gasteiger charge is -2.26. The summed E-state index contributed by atoms with van der Waals surface area (Å²) in [7, 11) is 0. The van der Waals surface area contributed by atoms with E-state index in [2.05, 4.69) is 0 Å². The molecule has 4 nitrogen and oxygen atoms in total. The lowest BCUT2D eigenvalue weighted by Crippen LogP contribution is -2.36. The van der Waals surface area contributed by atoms with Gasteiger partial charge in [-0.25, -0.2) is 9.18 Å². The monoisotopic (exact) mass is 314 g/mol. The first-order valence-corrected chi connectivity index (χ1v) is 7.26. The van der Waals surface area contributed by atoms with Gasteiger partial charge in [-0.3, -0.25) is 0 Å². The lowest BCUT2D eigenvalue weighted by atomic mass is 10.00. The van der Waals surface area contributed by atoms with Gasteiger partial charge in [0, 0.05) is 23.2 Å². The molecule has 1 aromatic rings. The summed E-state index contributed by atoms with van der Waals surface area (Å²) in [5.74, 6) is -0.441. The van der Waals surface area contributed by atoms with Gasteiger partial charge in [0.1, 0.15) is 11.4 Å². The average molecular weight is 315 g/mol. The summed E-state index contributed by atoms with van der Waals surface area (Å²) in [5, 5.41) is 0.312. The maximum Gasteiger partial charge on any atom is 0.410 e. The minimum Gasteiger partial charge on any atom is -0.444 e. The molecule has 1 atom stereocenters. The van der Waals surface area contributed by atoms with Gasteiger partial charge in [0.15, 0.2) is 0 Å². The molecule has 6 heteroatoms. The molecule has 0 unspecified atom stereocenters. The van der Waals surface area contributed by atoms with Crippen molar-refractivity contribution < 1.29 is 13.9 Å². The Balaban J connectivity index is 2.29. The summed E-state index contributed by atoms with van der Waals surface area (Å²) in [6.45, 7) is 5.94. The van der Waals surface area contributed by atoms with E-state index >= 15 is 0 Å². The quantitative estimate of drug-likeness (QED) is 0.795. The Hall–Kier alpha value is -1.33. The molecule has 0 bridgehead atoms. The van der Waals surface area contributed by atoms with Crippen molar-refractivity contribution in [2.24, 2.45) is 5.73 Å². The Morgan fingerprint density at radius 2 is 2.14 bits per heavy atom. The summed E-state index contributed by atoms with van der Waals surface area (Å²) in [5.41, 5.74) is 6.55. The minimum atomic E-state index is -0.590. The first kappa shape index (κ1) is 16.0. The highest BCUT2D eigenvalue weighted by molar-refractivity contribution is 6.30. The Bertz CT molecular complexity index is 557. The van der Waals surface area contributed by atoms with E-state index < -0.39 is 17.5 Å². The predicted octanol–water partition coefficient (Wildman–Crippen LogP) is 3.62. The van der Waals surface area contributed by atoms with Crippen LogP contribution in [0.5, 0.6) is 0 Å². The Kier molecular flexibility index (Phi) is 4.44. The van der Waals surface area contributed by atoms with Crippen LogP contribution in [0.2, 0.25) is 5.02 Å². The van der Waals surface area contributed by atoms with E-state index in [1.165, 1.54) is 11.0 Å². The van der Waals surface area contributed by atoms with E-state index in [9.17, 15) is 9.18 Å². The van der Waals surface area contributed by atoms with Crippen LogP contribution in [-0.2, 0) is 11.3 Å². The van der Waals surface area contributed by atoms with E-state index in [1.807, 2.05) is 0 Å². The van der Waals surface area contributed by atoms with Crippen LogP contribution in [0.25, 0.3) is 0 Å². The van der Waals surface area contributed by atoms with Crippen LogP contribution in [0.1, 0.15) is 44.4 Å². The molecule has 116 valence electrons. The molecule has 1 heterocycles. The van der Waals surface area contributed by atoms with Crippen LogP contribution in [-0.4, -0.2) is 23.1 Å². The van der Waals surface area contributed by atoms with Crippen molar-refractivity contribution in [3.8, 4) is 0 Å². The summed E-state index contributed by atoms with van der Waals surface area (Å²) in [4.78, 5) is 13.7. The third-order valence-electron chi connectivity index (χ3n) is 3.30. The second-order valence-electron chi connectivity index (χ2n) is 6.25. The molecule has 0 spiro atoms. The van der Waals surface area contributed by atoms with Crippen molar-refractivity contribution >= 4 is 17.7 Å². The highest BCUT2D eigenvalue weighted by atomic mass is 35.5. The number of amides is 1. The first-order chi connectivity index (χ1) is 9.67. The number of hydrogen-bond donors (Lipinski definition) is 1. The number of halogens is 2. The fourth-order valence-corrected chi connectivity index (χ4v) is 2.54. The molecule has 0 saturated heterocycles. The van der Waals surface area contributed by atoms with Crippen molar-refractivity contribution in [1.82, 2.24) is 4.90 Å². The zero-order valence-electron chi connectivity index (χ0n) is 12.5. The molecule has 0 radical (unpaired) electrons. The van der Waals surface area contributed by atoms with Gasteiger partial charge in [-0.05, 0) is 44.9 Å². The molecule has 1 aliphatic heterocycles. The van der Waals surface area contributed by atoms with Crippen molar-refractivity contribution in [2.75, 3.05) is 6.54 Å². The fraction of sp³-hybridized carbons (Fsp3) is 0.533. The number of rotatable bonds is 0. The van der Waals surface area contributed by atoms with E-state index in [0.717, 1.165) is 0 Å². The Morgan fingerprint density at radius 1 is 1.48 bits per heavy atom. The van der Waals surface area contributed by atoms with Crippen molar-refractivity contribution in [3.05, 3.63) is 34.1 Å². The van der Waals surface area contributed by atoms with E-state index in [4.69, 9.17) is 22.1 Å². The number of nitrogens with two attached hydrogens (primary N) is 1. The second kappa shape index (κ2) is 5.81. The molecular weight excluding hydrogens is 295 g/mol. The number of nitrogens with zero attached hydrogens (tertiary/aromatic N) is 1. The van der Waals surface area contributed by atoms with E-state index in [0.29, 0.717) is 29.1 Å². The Labute approximate surface area is 129 Å². The van der Waals surface area contributed by atoms with Gasteiger partial charge in [-0.1, -0.05) is 11.6 Å². The highest BCUT2D eigenvalue weighted by Crippen LogP contribution is 2.30. The molecule has 0 aliphatic carbocycles. The molecule has 1 amide bonds. The number of carbonyl (C=O) groups is 1. The number of hydrogen-bond acceptors (Lipinski definition) is 3. The molecular formula is C15H20ClFN2O2. The van der Waals surface area contributed by atoms with Gasteiger partial charge in [-0.15, -0.1) is 0 Å². The largest absolute Gasteiger partial charge is 0.444 e. The van der Waals surface area contributed by atoms with Gasteiger partial charge < -0.3 is 15.4 Å². The topological polar surface area (TPSA) is 55.6 Å². The smallest absolute Gasteiger partial charge is 0.410 e. The summed E-state index contributed by atoms with van der Waals surface area (Å²) in [6.07, 6.45) is 0.0726. The Morgan fingerprint density at radius 3 is 2.76 bits per heavy atom. The molecule has 2 N–H and O–H groups in total. The van der Waals surface area contributed by atoms with Crippen LogP contribution >= 0.6 is 11.6 Å². The molecule has 0 saturated carbocycles. The first-order valence-electron chi connectivity index (χ1n) is 6.88. The maximum atomic E-state index is 14.1. The minimum absolute atomic E-state index is 0.140. The molecule has 0 aromatic heterocycles. The zero-order valence-corrected chi connectivity index (χ0v) is 13.2. The van der Waals surface area contributed by atoms with E-state index in [1.54, 1.807) is 26.8 Å². The predicted molar refractivity (Wildman–Crippen MR) is 79.6 cm³/mol. The number of ether oxygens (including phenoxy) is 1. The summed E-state index contributed by atoms with van der Waals surface area (Å²) < 4.78 is 19.5. The van der Waals surface area contributed by atoms with Gasteiger partial charge in [0.05, 0.1) is 6.54 Å². The normalized spacial score (nSPS) is 19.0. The SMILES string of the molecule is CC(C)(C)OC(=O)N1CC[C@@H](N)c2cc(Cl)cc(F)c2C1. The molecule has 2 rings (SSSR count). The van der Waals surface area contributed by atoms with Gasteiger partial charge >= 0.3 is 6.09 Å². The van der Waals surface area contributed by atoms with Gasteiger partial charge in [-0.2, -0.15) is 0 Å². The lowest BCUT2D eigenvalue weighted by molar-refractivity contribution is 0.0233. The van der Waals surface area contributed by atoms with Crippen molar-refractivity contribution in [1.29, 1.82) is 0 Å². The highest BCUT2D eigenvalue weighted by Gasteiger charge is 2.28. The van der Waals surface area contributed by atoms with Crippen LogP contribution in [0.4, 0.5) is 9.18 Å². The molecule has 1 aromatic carbocycles. The number of carbonyl (C=O) groups excluding carboxylic acids is 1. The fourth-order valence-electron chi connectivity index (χ4n) is 2.32. The van der Waals surface area contributed by atoms with Crippen molar-refractivity contribution in [3.63, 3.8) is 0 Å². The summed E-state index contributed by atoms with van der Waals surface area (Å²) >= 11 is 5.89. The second-order valence-corrected chi connectivity index (χ2v) is 6.69. The van der Waals surface area contributed by atoms with Crippen molar-refractivity contribution in [2.45, 2.75) is 45.4 Å².